The molecule has 1 aromatic rings. The molecule has 1 heterocycles. The van der Waals surface area contributed by atoms with Crippen LogP contribution in [0.5, 0.6) is 0 Å². The first-order valence-corrected chi connectivity index (χ1v) is 4.64. The summed E-state index contributed by atoms with van der Waals surface area (Å²) in [5.41, 5.74) is -0.961. The molecular weight excluding hydrogens is 267 g/mol. The van der Waals surface area contributed by atoms with Gasteiger partial charge in [0, 0.05) is 10.2 Å². The summed E-state index contributed by atoms with van der Waals surface area (Å²) in [5.74, 6) is 0.0807. The SMILES string of the molecule is O=c1[nH]c(CCl)cc(Br)c1C(F)F. The Balaban J connectivity index is 3.32. The Morgan fingerprint density at radius 3 is 2.62 bits per heavy atom. The van der Waals surface area contributed by atoms with Crippen molar-refractivity contribution in [3.63, 3.8) is 0 Å². The average Bonchev–Trinajstić information content (AvgIpc) is 2.02. The van der Waals surface area contributed by atoms with Crippen molar-refractivity contribution in [2.75, 3.05) is 0 Å². The Kier molecular flexibility index (Phi) is 3.44. The molecule has 6 heteroatoms. The summed E-state index contributed by atoms with van der Waals surface area (Å²) in [6.45, 7) is 0. The van der Waals surface area contributed by atoms with Gasteiger partial charge < -0.3 is 4.98 Å². The fourth-order valence-electron chi connectivity index (χ4n) is 0.864. The van der Waals surface area contributed by atoms with Crippen LogP contribution >= 0.6 is 27.5 Å². The summed E-state index contributed by atoms with van der Waals surface area (Å²) in [7, 11) is 0. The number of halogens is 4. The Morgan fingerprint density at radius 2 is 2.23 bits per heavy atom. The molecule has 0 spiro atoms. The Morgan fingerprint density at radius 1 is 1.62 bits per heavy atom. The maximum absolute atomic E-state index is 12.2. The molecule has 0 aromatic carbocycles. The van der Waals surface area contributed by atoms with E-state index in [4.69, 9.17) is 11.6 Å². The van der Waals surface area contributed by atoms with Crippen LogP contribution in [0.4, 0.5) is 8.78 Å². The lowest BCUT2D eigenvalue weighted by Gasteiger charge is -2.03. The second kappa shape index (κ2) is 4.19. The third-order valence-corrected chi connectivity index (χ3v) is 2.38. The molecule has 0 saturated carbocycles. The normalized spacial score (nSPS) is 10.8. The minimum atomic E-state index is -2.79. The highest BCUT2D eigenvalue weighted by atomic mass is 79.9. The summed E-state index contributed by atoms with van der Waals surface area (Å²) < 4.78 is 24.6. The molecule has 0 aliphatic heterocycles. The van der Waals surface area contributed by atoms with Crippen molar-refractivity contribution in [3.8, 4) is 0 Å². The lowest BCUT2D eigenvalue weighted by molar-refractivity contribution is 0.148. The minimum Gasteiger partial charge on any atom is -0.325 e. The maximum Gasteiger partial charge on any atom is 0.270 e. The summed E-state index contributed by atoms with van der Waals surface area (Å²) in [5, 5.41) is 0. The zero-order valence-corrected chi connectivity index (χ0v) is 8.62. The van der Waals surface area contributed by atoms with Crippen LogP contribution < -0.4 is 5.56 Å². The molecule has 1 aromatic heterocycles. The van der Waals surface area contributed by atoms with Gasteiger partial charge in [-0.05, 0) is 6.07 Å². The maximum atomic E-state index is 12.2. The second-order valence-electron chi connectivity index (χ2n) is 2.32. The number of alkyl halides is 3. The first-order valence-electron chi connectivity index (χ1n) is 3.32. The van der Waals surface area contributed by atoms with Crippen LogP contribution in [0.25, 0.3) is 0 Å². The molecular formula is C7H5BrClF2NO. The van der Waals surface area contributed by atoms with Crippen molar-refractivity contribution in [1.82, 2.24) is 4.98 Å². The van der Waals surface area contributed by atoms with Crippen molar-refractivity contribution in [1.29, 1.82) is 0 Å². The van der Waals surface area contributed by atoms with Gasteiger partial charge in [0.05, 0.1) is 11.4 Å². The van der Waals surface area contributed by atoms with E-state index >= 15 is 0 Å². The van der Waals surface area contributed by atoms with Gasteiger partial charge in [-0.2, -0.15) is 0 Å². The average molecular weight is 272 g/mol. The van der Waals surface area contributed by atoms with E-state index < -0.39 is 17.5 Å². The molecule has 0 aliphatic rings. The molecule has 0 fully saturated rings. The van der Waals surface area contributed by atoms with Crippen LogP contribution in [0, 0.1) is 0 Å². The number of rotatable bonds is 2. The first-order chi connectivity index (χ1) is 6.06. The molecule has 72 valence electrons. The molecule has 0 unspecified atom stereocenters. The quantitative estimate of drug-likeness (QED) is 0.825. The van der Waals surface area contributed by atoms with Crippen LogP contribution in [0.1, 0.15) is 17.7 Å². The zero-order chi connectivity index (χ0) is 10.0. The third kappa shape index (κ3) is 2.28. The van der Waals surface area contributed by atoms with Crippen LogP contribution in [-0.4, -0.2) is 4.98 Å². The van der Waals surface area contributed by atoms with E-state index in [9.17, 15) is 13.6 Å². The van der Waals surface area contributed by atoms with Crippen LogP contribution in [0.2, 0.25) is 0 Å². The van der Waals surface area contributed by atoms with Gasteiger partial charge in [0.2, 0.25) is 0 Å². The van der Waals surface area contributed by atoms with E-state index in [0.29, 0.717) is 5.69 Å². The van der Waals surface area contributed by atoms with Crippen molar-refractivity contribution >= 4 is 27.5 Å². The van der Waals surface area contributed by atoms with Gasteiger partial charge in [0.25, 0.3) is 12.0 Å². The van der Waals surface area contributed by atoms with Crippen LogP contribution in [0.15, 0.2) is 15.3 Å². The lowest BCUT2D eigenvalue weighted by atomic mass is 10.2. The van der Waals surface area contributed by atoms with Crippen LogP contribution in [0.3, 0.4) is 0 Å². The Hall–Kier alpha value is -0.420. The lowest BCUT2D eigenvalue weighted by Crippen LogP contribution is -2.15. The summed E-state index contributed by atoms with van der Waals surface area (Å²) in [6, 6.07) is 1.37. The van der Waals surface area contributed by atoms with Crippen molar-refractivity contribution in [3.05, 3.63) is 32.2 Å². The minimum absolute atomic E-state index is 0.0807. The predicted octanol–water partition coefficient (Wildman–Crippen LogP) is 2.81. The molecule has 13 heavy (non-hydrogen) atoms. The number of H-pyrrole nitrogens is 1. The van der Waals surface area contributed by atoms with Gasteiger partial charge in [0.15, 0.2) is 0 Å². The van der Waals surface area contributed by atoms with Gasteiger partial charge >= 0.3 is 0 Å². The smallest absolute Gasteiger partial charge is 0.270 e. The zero-order valence-electron chi connectivity index (χ0n) is 6.28. The van der Waals surface area contributed by atoms with Crippen molar-refractivity contribution in [2.24, 2.45) is 0 Å². The van der Waals surface area contributed by atoms with E-state index in [1.807, 2.05) is 0 Å². The van der Waals surface area contributed by atoms with E-state index in [2.05, 4.69) is 20.9 Å². The summed E-state index contributed by atoms with van der Waals surface area (Å²) in [4.78, 5) is 13.3. The second-order valence-corrected chi connectivity index (χ2v) is 3.44. The number of hydrogen-bond acceptors (Lipinski definition) is 1. The largest absolute Gasteiger partial charge is 0.325 e. The van der Waals surface area contributed by atoms with E-state index in [0.717, 1.165) is 0 Å². The predicted molar refractivity (Wildman–Crippen MR) is 49.3 cm³/mol. The molecule has 0 atom stereocenters. The van der Waals surface area contributed by atoms with Crippen molar-refractivity contribution < 1.29 is 8.78 Å². The van der Waals surface area contributed by atoms with E-state index in [1.165, 1.54) is 6.07 Å². The highest BCUT2D eigenvalue weighted by molar-refractivity contribution is 9.10. The molecule has 0 bridgehead atoms. The topological polar surface area (TPSA) is 32.9 Å². The molecule has 2 nitrogen and oxygen atoms in total. The number of pyridine rings is 1. The molecule has 1 N–H and O–H groups in total. The number of aromatic nitrogens is 1. The van der Waals surface area contributed by atoms with Gasteiger partial charge in [-0.15, -0.1) is 11.6 Å². The monoisotopic (exact) mass is 271 g/mol. The van der Waals surface area contributed by atoms with E-state index in [1.54, 1.807) is 0 Å². The number of hydrogen-bond donors (Lipinski definition) is 1. The van der Waals surface area contributed by atoms with E-state index in [-0.39, 0.29) is 10.4 Å². The highest BCUT2D eigenvalue weighted by Gasteiger charge is 2.16. The Bertz CT molecular complexity index is 366. The fourth-order valence-corrected chi connectivity index (χ4v) is 1.64. The summed E-state index contributed by atoms with van der Waals surface area (Å²) >= 11 is 8.30. The first kappa shape index (κ1) is 10.7. The standard InChI is InChI=1S/C7H5BrClF2NO/c8-4-1-3(2-9)12-7(13)5(4)6(10)11/h1,6H,2H2,(H,12,13). The van der Waals surface area contributed by atoms with Gasteiger partial charge in [0.1, 0.15) is 0 Å². The molecule has 1 rings (SSSR count). The third-order valence-electron chi connectivity index (χ3n) is 1.44. The van der Waals surface area contributed by atoms with Crippen LogP contribution in [-0.2, 0) is 5.88 Å². The number of nitrogens with one attached hydrogen (secondary N) is 1. The summed E-state index contributed by atoms with van der Waals surface area (Å²) in [6.07, 6.45) is -2.79. The highest BCUT2D eigenvalue weighted by Crippen LogP contribution is 2.24. The Labute approximate surface area is 86.0 Å². The fraction of sp³-hybridized carbons (Fsp3) is 0.286. The number of aromatic amines is 1. The molecule has 0 radical (unpaired) electrons. The molecule has 0 aliphatic carbocycles. The van der Waals surface area contributed by atoms with Crippen molar-refractivity contribution in [2.45, 2.75) is 12.3 Å². The van der Waals surface area contributed by atoms with Gasteiger partial charge in [-0.25, -0.2) is 8.78 Å². The van der Waals surface area contributed by atoms with Gasteiger partial charge in [-0.1, -0.05) is 15.9 Å². The molecule has 0 saturated heterocycles. The van der Waals surface area contributed by atoms with Gasteiger partial charge in [-0.3, -0.25) is 4.79 Å². The molecule has 0 amide bonds.